The number of hydrogen-bond donors (Lipinski definition) is 2. The second kappa shape index (κ2) is 13.7. The number of carbonyl (C=O) groups is 1. The summed E-state index contributed by atoms with van der Waals surface area (Å²) in [5.74, 6) is 0.742. The smallest absolute Gasteiger partial charge is 0.333 e. The molecule has 0 saturated heterocycles. The monoisotopic (exact) mass is 528 g/mol. The quantitative estimate of drug-likeness (QED) is 0.214. The van der Waals surface area contributed by atoms with Crippen molar-refractivity contribution < 1.29 is 33.4 Å². The van der Waals surface area contributed by atoms with E-state index in [2.05, 4.69) is 32.1 Å². The van der Waals surface area contributed by atoms with E-state index < -0.39 is 25.2 Å². The first-order valence-corrected chi connectivity index (χ1v) is 15.4. The van der Waals surface area contributed by atoms with E-state index in [0.717, 1.165) is 19.3 Å². The molecule has 0 radical (unpaired) electrons. The number of rotatable bonds is 14. The van der Waals surface area contributed by atoms with Gasteiger partial charge >= 0.3 is 13.6 Å². The zero-order valence-electron chi connectivity index (χ0n) is 23.3. The Morgan fingerprint density at radius 3 is 2.36 bits per heavy atom. The SMILES string of the molecule is CCOP(=O)(C[C@H](O)C[C@@H](O)CC[C@@H]1[C@@H]2C(=C[C@H](C)C[C@@H]2OC(=O)C(C)(C)CC)C=C[C@@H]1C)OCC. The Morgan fingerprint density at radius 2 is 1.78 bits per heavy atom. The fourth-order valence-electron chi connectivity index (χ4n) is 5.35. The summed E-state index contributed by atoms with van der Waals surface area (Å²) in [6.07, 6.45) is 7.46. The van der Waals surface area contributed by atoms with Crippen LogP contribution in [0, 0.1) is 29.1 Å². The minimum atomic E-state index is -3.38. The van der Waals surface area contributed by atoms with Gasteiger partial charge in [-0.3, -0.25) is 9.36 Å². The largest absolute Gasteiger partial charge is 0.461 e. The molecule has 2 rings (SSSR count). The normalized spacial score (nSPS) is 28.2. The highest BCUT2D eigenvalue weighted by atomic mass is 31.2. The van der Waals surface area contributed by atoms with Crippen LogP contribution in [-0.4, -0.2) is 53.9 Å². The fourth-order valence-corrected chi connectivity index (χ4v) is 7.09. The Kier molecular flexibility index (Phi) is 11.9. The molecule has 2 aliphatic rings. The highest BCUT2D eigenvalue weighted by Crippen LogP contribution is 2.49. The van der Waals surface area contributed by atoms with Crippen LogP contribution in [0.3, 0.4) is 0 Å². The Labute approximate surface area is 218 Å². The molecule has 0 saturated carbocycles. The Bertz CT molecular complexity index is 811. The van der Waals surface area contributed by atoms with Gasteiger partial charge < -0.3 is 24.0 Å². The molecule has 0 heterocycles. The van der Waals surface area contributed by atoms with Crippen LogP contribution in [0.25, 0.3) is 0 Å². The molecule has 7 nitrogen and oxygen atoms in total. The number of aliphatic hydroxyl groups excluding tert-OH is 2. The number of hydrogen-bond acceptors (Lipinski definition) is 7. The number of allylic oxidation sites excluding steroid dienone is 3. The minimum Gasteiger partial charge on any atom is -0.461 e. The second-order valence-electron chi connectivity index (χ2n) is 11.2. The van der Waals surface area contributed by atoms with Gasteiger partial charge in [0, 0.05) is 5.92 Å². The average Bonchev–Trinajstić information content (AvgIpc) is 2.78. The van der Waals surface area contributed by atoms with Gasteiger partial charge in [-0.25, -0.2) is 0 Å². The summed E-state index contributed by atoms with van der Waals surface area (Å²) in [5.41, 5.74) is 0.693. The molecule has 36 heavy (non-hydrogen) atoms. The van der Waals surface area contributed by atoms with Crippen molar-refractivity contribution in [3.05, 3.63) is 23.8 Å². The maximum Gasteiger partial charge on any atom is 0.333 e. The van der Waals surface area contributed by atoms with E-state index in [1.54, 1.807) is 13.8 Å². The van der Waals surface area contributed by atoms with Gasteiger partial charge in [0.15, 0.2) is 0 Å². The van der Waals surface area contributed by atoms with E-state index in [-0.39, 0.29) is 55.6 Å². The van der Waals surface area contributed by atoms with Crippen molar-refractivity contribution in [3.63, 3.8) is 0 Å². The van der Waals surface area contributed by atoms with Gasteiger partial charge in [0.25, 0.3) is 0 Å². The first-order chi connectivity index (χ1) is 16.9. The molecule has 8 heteroatoms. The van der Waals surface area contributed by atoms with Crippen molar-refractivity contribution in [2.45, 2.75) is 98.9 Å². The fraction of sp³-hybridized carbons (Fsp3) is 0.821. The molecule has 0 unspecified atom stereocenters. The van der Waals surface area contributed by atoms with E-state index in [1.165, 1.54) is 5.57 Å². The molecule has 2 aliphatic carbocycles. The van der Waals surface area contributed by atoms with E-state index in [4.69, 9.17) is 13.8 Å². The summed E-state index contributed by atoms with van der Waals surface area (Å²) in [4.78, 5) is 13.0. The average molecular weight is 529 g/mol. The molecule has 2 N–H and O–H groups in total. The summed E-state index contributed by atoms with van der Waals surface area (Å²) in [6.45, 7) is 14.1. The Morgan fingerprint density at radius 1 is 1.14 bits per heavy atom. The third kappa shape index (κ3) is 8.52. The molecule has 0 fully saturated rings. The van der Waals surface area contributed by atoms with E-state index in [0.29, 0.717) is 12.3 Å². The van der Waals surface area contributed by atoms with Crippen molar-refractivity contribution in [3.8, 4) is 0 Å². The van der Waals surface area contributed by atoms with Gasteiger partial charge in [0.05, 0.1) is 37.0 Å². The molecule has 0 aromatic carbocycles. The molecule has 208 valence electrons. The second-order valence-corrected chi connectivity index (χ2v) is 13.3. The van der Waals surface area contributed by atoms with Crippen LogP contribution in [0.1, 0.15) is 80.6 Å². The van der Waals surface area contributed by atoms with E-state index in [1.807, 2.05) is 20.8 Å². The lowest BCUT2D eigenvalue weighted by atomic mass is 9.65. The zero-order valence-corrected chi connectivity index (χ0v) is 24.2. The van der Waals surface area contributed by atoms with Gasteiger partial charge in [-0.2, -0.15) is 0 Å². The van der Waals surface area contributed by atoms with Crippen LogP contribution < -0.4 is 0 Å². The molecule has 0 amide bonds. The molecule has 0 aromatic rings. The summed E-state index contributed by atoms with van der Waals surface area (Å²) < 4.78 is 29.4. The van der Waals surface area contributed by atoms with Gasteiger partial charge in [0.2, 0.25) is 0 Å². The van der Waals surface area contributed by atoms with Crippen LogP contribution in [-0.2, 0) is 23.1 Å². The third-order valence-corrected chi connectivity index (χ3v) is 9.93. The third-order valence-electron chi connectivity index (χ3n) is 7.75. The molecule has 0 spiro atoms. The van der Waals surface area contributed by atoms with E-state index >= 15 is 0 Å². The Hall–Kier alpha value is -0.980. The van der Waals surface area contributed by atoms with Crippen LogP contribution in [0.4, 0.5) is 0 Å². The minimum absolute atomic E-state index is 0.0889. The zero-order chi connectivity index (χ0) is 27.1. The van der Waals surface area contributed by atoms with Crippen LogP contribution >= 0.6 is 7.60 Å². The number of carbonyl (C=O) groups excluding carboxylic acids is 1. The van der Waals surface area contributed by atoms with Crippen molar-refractivity contribution in [2.24, 2.45) is 29.1 Å². The van der Waals surface area contributed by atoms with Gasteiger partial charge in [-0.05, 0) is 83.1 Å². The highest BCUT2D eigenvalue weighted by Gasteiger charge is 2.43. The van der Waals surface area contributed by atoms with Gasteiger partial charge in [-0.1, -0.05) is 39.0 Å². The Balaban J connectivity index is 2.07. The van der Waals surface area contributed by atoms with Crippen molar-refractivity contribution in [2.75, 3.05) is 19.4 Å². The standard InChI is InChI=1S/C28H49O7P/c1-8-28(6,7)27(31)35-25-16-19(4)15-21-12-11-20(5)24(26(21)25)14-13-22(29)17-23(30)18-36(32,33-9-2)34-10-3/h11-12,15,19-20,22-26,29-30H,8-10,13-14,16-18H2,1-7H3/t19-,20-,22-,23+,24-,25-,26-/m0/s1. The highest BCUT2D eigenvalue weighted by molar-refractivity contribution is 7.53. The molecular weight excluding hydrogens is 479 g/mol. The number of aliphatic hydroxyl groups is 2. The van der Waals surface area contributed by atoms with Crippen molar-refractivity contribution in [1.29, 1.82) is 0 Å². The maximum atomic E-state index is 13.0. The lowest BCUT2D eigenvalue weighted by Crippen LogP contribution is -2.43. The first kappa shape index (κ1) is 31.2. The summed E-state index contributed by atoms with van der Waals surface area (Å²) >= 11 is 0. The predicted molar refractivity (Wildman–Crippen MR) is 143 cm³/mol. The molecule has 0 bridgehead atoms. The van der Waals surface area contributed by atoms with E-state index in [9.17, 15) is 19.6 Å². The number of esters is 1. The van der Waals surface area contributed by atoms with Gasteiger partial charge in [0.1, 0.15) is 6.10 Å². The lowest BCUT2D eigenvalue weighted by Gasteiger charge is -2.44. The first-order valence-electron chi connectivity index (χ1n) is 13.7. The van der Waals surface area contributed by atoms with Crippen molar-refractivity contribution >= 4 is 13.6 Å². The summed E-state index contributed by atoms with van der Waals surface area (Å²) in [5, 5.41) is 21.2. The van der Waals surface area contributed by atoms with Crippen LogP contribution in [0.5, 0.6) is 0 Å². The number of ether oxygens (including phenoxy) is 1. The topological polar surface area (TPSA) is 102 Å². The summed E-state index contributed by atoms with van der Waals surface area (Å²) in [7, 11) is -3.38. The summed E-state index contributed by atoms with van der Waals surface area (Å²) in [6, 6.07) is 0. The molecule has 0 aromatic heterocycles. The predicted octanol–water partition coefficient (Wildman–Crippen LogP) is 5.90. The maximum absolute atomic E-state index is 13.0. The van der Waals surface area contributed by atoms with Crippen molar-refractivity contribution in [1.82, 2.24) is 0 Å². The molecule has 0 aliphatic heterocycles. The lowest BCUT2D eigenvalue weighted by molar-refractivity contribution is -0.164. The van der Waals surface area contributed by atoms with Crippen LogP contribution in [0.15, 0.2) is 23.8 Å². The number of fused-ring (bicyclic) bond motifs is 1. The molecular formula is C28H49O7P. The molecule has 7 atom stereocenters. The van der Waals surface area contributed by atoms with Crippen LogP contribution in [0.2, 0.25) is 0 Å². The van der Waals surface area contributed by atoms with Gasteiger partial charge in [-0.15, -0.1) is 0 Å².